The number of rotatable bonds is 7. The normalized spacial score (nSPS) is 12.5. The van der Waals surface area contributed by atoms with Crippen molar-refractivity contribution >= 4 is 43.7 Å². The fourth-order valence-corrected chi connectivity index (χ4v) is 2.44. The van der Waals surface area contributed by atoms with Crippen LogP contribution in [0.25, 0.3) is 0 Å². The molecule has 1 aromatic rings. The molecule has 3 amide bonds. The highest BCUT2D eigenvalue weighted by Gasteiger charge is 2.23. The van der Waals surface area contributed by atoms with Gasteiger partial charge in [-0.1, -0.05) is 29.8 Å². The Morgan fingerprint density at radius 1 is 1.21 bits per heavy atom. The lowest BCUT2D eigenvalue weighted by Crippen LogP contribution is -2.49. The van der Waals surface area contributed by atoms with Crippen LogP contribution in [-0.4, -0.2) is 36.8 Å². The van der Waals surface area contributed by atoms with Crippen LogP contribution in [0.5, 0.6) is 0 Å². The van der Waals surface area contributed by atoms with Crippen molar-refractivity contribution in [2.45, 2.75) is 26.3 Å². The SMILES string of the molecule is CC(C)C[C@H](NC(=O)Nc1ccc(Br)cc1)C(=O)NCS(=O)(=O)O. The number of hydrogen-bond donors (Lipinski definition) is 4. The number of amides is 3. The summed E-state index contributed by atoms with van der Waals surface area (Å²) in [5, 5.41) is 7.16. The molecule has 0 saturated carbocycles. The lowest BCUT2D eigenvalue weighted by molar-refractivity contribution is -0.122. The Kier molecular flexibility index (Phi) is 7.64. The van der Waals surface area contributed by atoms with Crippen molar-refractivity contribution in [3.63, 3.8) is 0 Å². The van der Waals surface area contributed by atoms with E-state index in [0.29, 0.717) is 12.1 Å². The second kappa shape index (κ2) is 9.00. The second-order valence-corrected chi connectivity index (χ2v) is 7.92. The summed E-state index contributed by atoms with van der Waals surface area (Å²) < 4.78 is 31.0. The van der Waals surface area contributed by atoms with E-state index >= 15 is 0 Å². The van der Waals surface area contributed by atoms with E-state index in [-0.39, 0.29) is 5.92 Å². The molecule has 4 N–H and O–H groups in total. The van der Waals surface area contributed by atoms with Crippen molar-refractivity contribution in [3.05, 3.63) is 28.7 Å². The Morgan fingerprint density at radius 2 is 1.79 bits per heavy atom. The van der Waals surface area contributed by atoms with E-state index < -0.39 is 34.0 Å². The lowest BCUT2D eigenvalue weighted by atomic mass is 10.0. The predicted molar refractivity (Wildman–Crippen MR) is 94.1 cm³/mol. The molecule has 0 aliphatic rings. The average Bonchev–Trinajstić information content (AvgIpc) is 2.45. The Balaban J connectivity index is 2.68. The summed E-state index contributed by atoms with van der Waals surface area (Å²) in [6.07, 6.45) is 0.311. The third kappa shape index (κ3) is 8.27. The zero-order valence-electron chi connectivity index (χ0n) is 13.2. The molecule has 0 aliphatic heterocycles. The highest BCUT2D eigenvalue weighted by Crippen LogP contribution is 2.14. The van der Waals surface area contributed by atoms with Crippen LogP contribution in [0.4, 0.5) is 10.5 Å². The molecule has 0 aromatic heterocycles. The largest absolute Gasteiger partial charge is 0.338 e. The summed E-state index contributed by atoms with van der Waals surface area (Å²) in [7, 11) is -4.33. The van der Waals surface area contributed by atoms with E-state index in [1.807, 2.05) is 13.8 Å². The zero-order valence-corrected chi connectivity index (χ0v) is 15.6. The summed E-state index contributed by atoms with van der Waals surface area (Å²) in [6, 6.07) is 5.34. The summed E-state index contributed by atoms with van der Waals surface area (Å²) >= 11 is 3.28. The van der Waals surface area contributed by atoms with Crippen LogP contribution in [-0.2, 0) is 14.9 Å². The molecule has 0 unspecified atom stereocenters. The van der Waals surface area contributed by atoms with E-state index in [2.05, 4.69) is 31.9 Å². The molecule has 134 valence electrons. The fourth-order valence-electron chi connectivity index (χ4n) is 1.85. The third-order valence-electron chi connectivity index (χ3n) is 2.86. The standard InChI is InChI=1S/C14H20BrN3O5S/c1-9(2)7-12(13(19)16-8-24(21,22)23)18-14(20)17-11-5-3-10(15)4-6-11/h3-6,9,12H,7-8H2,1-2H3,(H,16,19)(H2,17,18,20)(H,21,22,23)/t12-/m0/s1. The van der Waals surface area contributed by atoms with E-state index in [1.54, 1.807) is 24.3 Å². The van der Waals surface area contributed by atoms with E-state index in [0.717, 1.165) is 4.47 Å². The van der Waals surface area contributed by atoms with Gasteiger partial charge < -0.3 is 16.0 Å². The molecule has 1 aromatic carbocycles. The highest BCUT2D eigenvalue weighted by atomic mass is 79.9. The topological polar surface area (TPSA) is 125 Å². The average molecular weight is 422 g/mol. The van der Waals surface area contributed by atoms with Crippen LogP contribution in [0.15, 0.2) is 28.7 Å². The number of carbonyl (C=O) groups is 2. The van der Waals surface area contributed by atoms with Gasteiger partial charge in [0.25, 0.3) is 10.1 Å². The minimum absolute atomic E-state index is 0.0828. The summed E-state index contributed by atoms with van der Waals surface area (Å²) in [4.78, 5) is 24.0. The van der Waals surface area contributed by atoms with Gasteiger partial charge in [0.15, 0.2) is 0 Å². The van der Waals surface area contributed by atoms with Gasteiger partial charge in [0, 0.05) is 10.2 Å². The molecule has 10 heteroatoms. The predicted octanol–water partition coefficient (Wildman–Crippen LogP) is 1.95. The molecule has 0 spiro atoms. The van der Waals surface area contributed by atoms with Crippen molar-refractivity contribution in [2.75, 3.05) is 11.2 Å². The van der Waals surface area contributed by atoms with Crippen LogP contribution in [0, 0.1) is 5.92 Å². The van der Waals surface area contributed by atoms with E-state index in [4.69, 9.17) is 4.55 Å². The Hall–Kier alpha value is -1.65. The molecule has 0 bridgehead atoms. The van der Waals surface area contributed by atoms with Crippen molar-refractivity contribution in [1.82, 2.24) is 10.6 Å². The van der Waals surface area contributed by atoms with Crippen LogP contribution < -0.4 is 16.0 Å². The Bertz CT molecular complexity index is 676. The monoisotopic (exact) mass is 421 g/mol. The van der Waals surface area contributed by atoms with Gasteiger partial charge in [-0.15, -0.1) is 0 Å². The molecule has 0 saturated heterocycles. The van der Waals surface area contributed by atoms with Crippen LogP contribution in [0.1, 0.15) is 20.3 Å². The molecule has 1 atom stereocenters. The van der Waals surface area contributed by atoms with Gasteiger partial charge in [-0.2, -0.15) is 8.42 Å². The minimum atomic E-state index is -4.33. The van der Waals surface area contributed by atoms with Gasteiger partial charge >= 0.3 is 6.03 Å². The van der Waals surface area contributed by atoms with Crippen molar-refractivity contribution in [3.8, 4) is 0 Å². The molecule has 1 rings (SSSR count). The van der Waals surface area contributed by atoms with Gasteiger partial charge in [0.2, 0.25) is 5.91 Å². The third-order valence-corrected chi connectivity index (χ3v) is 3.90. The molecular formula is C14H20BrN3O5S. The second-order valence-electron chi connectivity index (χ2n) is 5.55. The molecular weight excluding hydrogens is 402 g/mol. The lowest BCUT2D eigenvalue weighted by Gasteiger charge is -2.20. The fraction of sp³-hybridized carbons (Fsp3) is 0.429. The molecule has 0 aliphatic carbocycles. The molecule has 0 heterocycles. The molecule has 0 radical (unpaired) electrons. The maximum absolute atomic E-state index is 12.0. The first-order chi connectivity index (χ1) is 11.1. The quantitative estimate of drug-likeness (QED) is 0.500. The zero-order chi connectivity index (χ0) is 18.3. The number of urea groups is 1. The van der Waals surface area contributed by atoms with Crippen LogP contribution >= 0.6 is 15.9 Å². The van der Waals surface area contributed by atoms with E-state index in [9.17, 15) is 18.0 Å². The van der Waals surface area contributed by atoms with Gasteiger partial charge in [-0.05, 0) is 36.6 Å². The maximum atomic E-state index is 12.0. The minimum Gasteiger partial charge on any atom is -0.338 e. The summed E-state index contributed by atoms with van der Waals surface area (Å²) in [5.74, 6) is -1.51. The molecule has 8 nitrogen and oxygen atoms in total. The van der Waals surface area contributed by atoms with E-state index in [1.165, 1.54) is 0 Å². The number of hydrogen-bond acceptors (Lipinski definition) is 4. The van der Waals surface area contributed by atoms with Crippen molar-refractivity contribution in [2.24, 2.45) is 5.92 Å². The van der Waals surface area contributed by atoms with Crippen molar-refractivity contribution in [1.29, 1.82) is 0 Å². The number of carbonyl (C=O) groups excluding carboxylic acids is 2. The van der Waals surface area contributed by atoms with Gasteiger partial charge in [0.1, 0.15) is 11.9 Å². The van der Waals surface area contributed by atoms with Gasteiger partial charge in [-0.3, -0.25) is 9.35 Å². The first-order valence-corrected chi connectivity index (χ1v) is 9.53. The first kappa shape index (κ1) is 20.4. The number of benzene rings is 1. The van der Waals surface area contributed by atoms with Crippen LogP contribution in [0.2, 0.25) is 0 Å². The summed E-state index contributed by atoms with van der Waals surface area (Å²) in [6.45, 7) is 3.72. The first-order valence-electron chi connectivity index (χ1n) is 7.13. The van der Waals surface area contributed by atoms with Gasteiger partial charge in [0.05, 0.1) is 0 Å². The highest BCUT2D eigenvalue weighted by molar-refractivity contribution is 9.10. The smallest absolute Gasteiger partial charge is 0.319 e. The number of halogens is 1. The van der Waals surface area contributed by atoms with Gasteiger partial charge in [-0.25, -0.2) is 4.79 Å². The maximum Gasteiger partial charge on any atom is 0.319 e. The number of nitrogens with one attached hydrogen (secondary N) is 3. The molecule has 24 heavy (non-hydrogen) atoms. The van der Waals surface area contributed by atoms with Crippen LogP contribution in [0.3, 0.4) is 0 Å². The van der Waals surface area contributed by atoms with Crippen molar-refractivity contribution < 1.29 is 22.6 Å². The molecule has 0 fully saturated rings. The number of anilines is 1. The Morgan fingerprint density at radius 3 is 2.29 bits per heavy atom. The Labute approximate surface area is 149 Å². The summed E-state index contributed by atoms with van der Waals surface area (Å²) in [5.41, 5.74) is 0.539.